The molecule has 1 aliphatic rings. The van der Waals surface area contributed by atoms with Gasteiger partial charge in [-0.2, -0.15) is 0 Å². The number of benzene rings is 1. The maximum atomic E-state index is 12.3. The molecule has 1 aromatic rings. The van der Waals surface area contributed by atoms with Crippen LogP contribution in [-0.4, -0.2) is 50.8 Å². The third-order valence-electron chi connectivity index (χ3n) is 3.45. The molecule has 1 amide bonds. The predicted octanol–water partition coefficient (Wildman–Crippen LogP) is 2.57. The Morgan fingerprint density at radius 3 is 2.80 bits per heavy atom. The number of carbonyl (C=O) groups is 1. The van der Waals surface area contributed by atoms with Crippen molar-refractivity contribution in [2.24, 2.45) is 5.92 Å². The van der Waals surface area contributed by atoms with E-state index in [9.17, 15) is 4.79 Å². The van der Waals surface area contributed by atoms with E-state index in [0.717, 1.165) is 29.5 Å². The van der Waals surface area contributed by atoms with Crippen LogP contribution in [0.1, 0.15) is 16.8 Å². The van der Waals surface area contributed by atoms with Crippen molar-refractivity contribution in [3.8, 4) is 0 Å². The lowest BCUT2D eigenvalue weighted by molar-refractivity contribution is 0.0515. The summed E-state index contributed by atoms with van der Waals surface area (Å²) in [5, 5.41) is 0. The number of methoxy groups -OCH3 is 1. The van der Waals surface area contributed by atoms with E-state index in [2.05, 4.69) is 15.9 Å². The Labute approximate surface area is 128 Å². The Morgan fingerprint density at radius 1 is 1.35 bits per heavy atom. The Bertz CT molecular complexity index is 435. The van der Waals surface area contributed by atoms with Crippen molar-refractivity contribution in [1.82, 2.24) is 4.90 Å². The number of hydrogen-bond donors (Lipinski definition) is 0. The average Bonchev–Trinajstić information content (AvgIpc) is 2.92. The van der Waals surface area contributed by atoms with Crippen molar-refractivity contribution < 1.29 is 14.3 Å². The van der Waals surface area contributed by atoms with Crippen LogP contribution in [0.3, 0.4) is 0 Å². The summed E-state index contributed by atoms with van der Waals surface area (Å²) in [4.78, 5) is 14.2. The van der Waals surface area contributed by atoms with Crippen LogP contribution in [0.5, 0.6) is 0 Å². The fraction of sp³-hybridized carbons (Fsp3) is 0.533. The molecule has 1 fully saturated rings. The molecule has 0 aromatic heterocycles. The fourth-order valence-corrected chi connectivity index (χ4v) is 2.58. The molecule has 4 nitrogen and oxygen atoms in total. The van der Waals surface area contributed by atoms with Gasteiger partial charge in [-0.1, -0.05) is 15.9 Å². The fourth-order valence-electron chi connectivity index (χ4n) is 2.32. The summed E-state index contributed by atoms with van der Waals surface area (Å²) < 4.78 is 11.5. The third-order valence-corrected chi connectivity index (χ3v) is 3.98. The van der Waals surface area contributed by atoms with Gasteiger partial charge in [0, 0.05) is 36.2 Å². The number of rotatable bonds is 6. The van der Waals surface area contributed by atoms with Crippen LogP contribution in [-0.2, 0) is 9.47 Å². The quantitative estimate of drug-likeness (QED) is 0.746. The number of ether oxygens (including phenoxy) is 2. The zero-order valence-electron chi connectivity index (χ0n) is 11.7. The Kier molecular flexibility index (Phi) is 6.01. The first-order valence-corrected chi connectivity index (χ1v) is 7.61. The first-order valence-electron chi connectivity index (χ1n) is 6.82. The number of carbonyl (C=O) groups excluding carboxylic acids is 1. The van der Waals surface area contributed by atoms with E-state index >= 15 is 0 Å². The van der Waals surface area contributed by atoms with Gasteiger partial charge in [0.15, 0.2) is 0 Å². The zero-order valence-corrected chi connectivity index (χ0v) is 13.3. The SMILES string of the molecule is COCCOCC1CCN(C(=O)c2ccc(Br)cc2)C1. The van der Waals surface area contributed by atoms with Gasteiger partial charge in [0.1, 0.15) is 0 Å². The van der Waals surface area contributed by atoms with E-state index in [-0.39, 0.29) is 5.91 Å². The zero-order chi connectivity index (χ0) is 14.4. The summed E-state index contributed by atoms with van der Waals surface area (Å²) in [5.41, 5.74) is 0.745. The maximum absolute atomic E-state index is 12.3. The van der Waals surface area contributed by atoms with E-state index in [4.69, 9.17) is 9.47 Å². The minimum Gasteiger partial charge on any atom is -0.382 e. The largest absolute Gasteiger partial charge is 0.382 e. The molecule has 110 valence electrons. The van der Waals surface area contributed by atoms with E-state index < -0.39 is 0 Å². The molecule has 20 heavy (non-hydrogen) atoms. The van der Waals surface area contributed by atoms with Gasteiger partial charge in [0.05, 0.1) is 19.8 Å². The van der Waals surface area contributed by atoms with E-state index in [0.29, 0.717) is 25.7 Å². The molecule has 0 aliphatic carbocycles. The summed E-state index contributed by atoms with van der Waals surface area (Å²) in [6, 6.07) is 7.51. The van der Waals surface area contributed by atoms with Crippen molar-refractivity contribution >= 4 is 21.8 Å². The molecule has 1 unspecified atom stereocenters. The summed E-state index contributed by atoms with van der Waals surface area (Å²) in [6.07, 6.45) is 1.01. The summed E-state index contributed by atoms with van der Waals surface area (Å²) in [5.74, 6) is 0.545. The highest BCUT2D eigenvalue weighted by molar-refractivity contribution is 9.10. The van der Waals surface area contributed by atoms with Crippen molar-refractivity contribution in [3.05, 3.63) is 34.3 Å². The Hall–Kier alpha value is -0.910. The van der Waals surface area contributed by atoms with Crippen LogP contribution in [0.15, 0.2) is 28.7 Å². The number of hydrogen-bond acceptors (Lipinski definition) is 3. The van der Waals surface area contributed by atoms with Gasteiger partial charge in [-0.05, 0) is 30.7 Å². The first kappa shape index (κ1) is 15.5. The molecule has 0 N–H and O–H groups in total. The Balaban J connectivity index is 1.80. The van der Waals surface area contributed by atoms with Crippen LogP contribution in [0.4, 0.5) is 0 Å². The topological polar surface area (TPSA) is 38.8 Å². The lowest BCUT2D eigenvalue weighted by Crippen LogP contribution is -2.29. The Morgan fingerprint density at radius 2 is 2.10 bits per heavy atom. The number of halogens is 1. The number of likely N-dealkylation sites (tertiary alicyclic amines) is 1. The molecule has 0 radical (unpaired) electrons. The molecule has 1 heterocycles. The second kappa shape index (κ2) is 7.76. The van der Waals surface area contributed by atoms with Gasteiger partial charge in [-0.25, -0.2) is 0 Å². The minimum atomic E-state index is 0.108. The van der Waals surface area contributed by atoms with Gasteiger partial charge >= 0.3 is 0 Å². The van der Waals surface area contributed by atoms with Crippen molar-refractivity contribution in [1.29, 1.82) is 0 Å². The first-order chi connectivity index (χ1) is 9.70. The maximum Gasteiger partial charge on any atom is 0.253 e. The predicted molar refractivity (Wildman–Crippen MR) is 80.8 cm³/mol. The van der Waals surface area contributed by atoms with E-state index in [1.54, 1.807) is 7.11 Å². The molecule has 1 aromatic carbocycles. The number of nitrogens with zero attached hydrogens (tertiary/aromatic N) is 1. The standard InChI is InChI=1S/C15H20BrNO3/c1-19-8-9-20-11-12-6-7-17(10-12)15(18)13-2-4-14(16)5-3-13/h2-5,12H,6-11H2,1H3. The molecule has 1 aliphatic heterocycles. The average molecular weight is 342 g/mol. The molecule has 0 spiro atoms. The molecule has 0 saturated carbocycles. The van der Waals surface area contributed by atoms with Crippen LogP contribution >= 0.6 is 15.9 Å². The van der Waals surface area contributed by atoms with Gasteiger partial charge < -0.3 is 14.4 Å². The molecule has 5 heteroatoms. The third kappa shape index (κ3) is 4.30. The van der Waals surface area contributed by atoms with Crippen molar-refractivity contribution in [2.75, 3.05) is 40.0 Å². The van der Waals surface area contributed by atoms with Crippen LogP contribution in [0.25, 0.3) is 0 Å². The van der Waals surface area contributed by atoms with Gasteiger partial charge in [-0.15, -0.1) is 0 Å². The van der Waals surface area contributed by atoms with E-state index in [1.165, 1.54) is 0 Å². The van der Waals surface area contributed by atoms with Crippen LogP contribution in [0.2, 0.25) is 0 Å². The second-order valence-corrected chi connectivity index (χ2v) is 5.90. The van der Waals surface area contributed by atoms with Crippen molar-refractivity contribution in [3.63, 3.8) is 0 Å². The number of amides is 1. The minimum absolute atomic E-state index is 0.108. The summed E-state index contributed by atoms with van der Waals surface area (Å²) in [7, 11) is 1.66. The smallest absolute Gasteiger partial charge is 0.253 e. The molecule has 1 atom stereocenters. The van der Waals surface area contributed by atoms with Gasteiger partial charge in [0.25, 0.3) is 5.91 Å². The molecule has 0 bridgehead atoms. The highest BCUT2D eigenvalue weighted by Gasteiger charge is 2.26. The molecular weight excluding hydrogens is 322 g/mol. The lowest BCUT2D eigenvalue weighted by atomic mass is 10.1. The highest BCUT2D eigenvalue weighted by atomic mass is 79.9. The van der Waals surface area contributed by atoms with Gasteiger partial charge in [0.2, 0.25) is 0 Å². The van der Waals surface area contributed by atoms with Gasteiger partial charge in [-0.3, -0.25) is 4.79 Å². The summed E-state index contributed by atoms with van der Waals surface area (Å²) in [6.45, 7) is 3.53. The second-order valence-electron chi connectivity index (χ2n) is 4.98. The molecule has 1 saturated heterocycles. The molecular formula is C15H20BrNO3. The van der Waals surface area contributed by atoms with Crippen LogP contribution < -0.4 is 0 Å². The summed E-state index contributed by atoms with van der Waals surface area (Å²) >= 11 is 3.38. The van der Waals surface area contributed by atoms with E-state index in [1.807, 2.05) is 29.2 Å². The monoisotopic (exact) mass is 341 g/mol. The van der Waals surface area contributed by atoms with Crippen LogP contribution in [0, 0.1) is 5.92 Å². The lowest BCUT2D eigenvalue weighted by Gasteiger charge is -2.16. The van der Waals surface area contributed by atoms with Crippen molar-refractivity contribution in [2.45, 2.75) is 6.42 Å². The molecule has 2 rings (SSSR count). The highest BCUT2D eigenvalue weighted by Crippen LogP contribution is 2.20. The normalized spacial score (nSPS) is 18.5.